The molecule has 13 heavy (non-hydrogen) atoms. The van der Waals surface area contributed by atoms with Gasteiger partial charge in [0.25, 0.3) is 0 Å². The smallest absolute Gasteiger partial charge is 0.0389 e. The molecule has 1 aliphatic carbocycles. The normalized spacial score (nSPS) is 34.2. The van der Waals surface area contributed by atoms with Crippen molar-refractivity contribution in [1.82, 2.24) is 0 Å². The third-order valence-electron chi connectivity index (χ3n) is 3.70. The summed E-state index contributed by atoms with van der Waals surface area (Å²) in [5.41, 5.74) is 0. The Balaban J connectivity index is 2.35. The van der Waals surface area contributed by atoms with E-state index in [2.05, 4.69) is 20.8 Å². The van der Waals surface area contributed by atoms with E-state index in [1.807, 2.05) is 0 Å². The fraction of sp³-hybridized carbons (Fsp3) is 1.00. The van der Waals surface area contributed by atoms with Gasteiger partial charge in [-0.3, -0.25) is 0 Å². The lowest BCUT2D eigenvalue weighted by atomic mass is 9.78. The summed E-state index contributed by atoms with van der Waals surface area (Å²) in [6, 6.07) is 0. The third-order valence-corrected chi connectivity index (χ3v) is 4.48. The summed E-state index contributed by atoms with van der Waals surface area (Å²) in [6.45, 7) is 6.89. The summed E-state index contributed by atoms with van der Waals surface area (Å²) in [6.07, 6.45) is 6.73. The highest BCUT2D eigenvalue weighted by Crippen LogP contribution is 2.35. The number of halogens is 1. The monoisotopic (exact) mass is 202 g/mol. The van der Waals surface area contributed by atoms with E-state index in [1.165, 1.54) is 32.1 Å². The van der Waals surface area contributed by atoms with Crippen molar-refractivity contribution in [3.63, 3.8) is 0 Å². The molecule has 0 nitrogen and oxygen atoms in total. The lowest BCUT2D eigenvalue weighted by Gasteiger charge is -2.32. The molecule has 0 aromatic heterocycles. The molecule has 2 unspecified atom stereocenters. The SMILES string of the molecule is CCC(C)C(Cl)C1CCC(C)CC1. The summed E-state index contributed by atoms with van der Waals surface area (Å²) in [7, 11) is 0. The maximum absolute atomic E-state index is 6.46. The zero-order valence-corrected chi connectivity index (χ0v) is 9.98. The van der Waals surface area contributed by atoms with Crippen LogP contribution >= 0.6 is 11.6 Å². The van der Waals surface area contributed by atoms with Crippen LogP contribution in [0.2, 0.25) is 0 Å². The molecule has 78 valence electrons. The highest BCUT2D eigenvalue weighted by molar-refractivity contribution is 6.21. The average molecular weight is 203 g/mol. The predicted octanol–water partition coefficient (Wildman–Crippen LogP) is 4.47. The minimum absolute atomic E-state index is 0.428. The van der Waals surface area contributed by atoms with E-state index in [0.717, 1.165) is 11.8 Å². The van der Waals surface area contributed by atoms with Gasteiger partial charge >= 0.3 is 0 Å². The summed E-state index contributed by atoms with van der Waals surface area (Å²) in [5, 5.41) is 0.428. The fourth-order valence-electron chi connectivity index (χ4n) is 2.29. The Morgan fingerprint density at radius 2 is 1.77 bits per heavy atom. The molecule has 1 aliphatic rings. The van der Waals surface area contributed by atoms with Crippen molar-refractivity contribution >= 4 is 11.6 Å². The van der Waals surface area contributed by atoms with Crippen LogP contribution < -0.4 is 0 Å². The maximum Gasteiger partial charge on any atom is 0.0389 e. The van der Waals surface area contributed by atoms with Crippen molar-refractivity contribution in [1.29, 1.82) is 0 Å². The second-order valence-electron chi connectivity index (χ2n) is 4.85. The standard InChI is InChI=1S/C12H23Cl/c1-4-10(3)12(13)11-7-5-9(2)6-8-11/h9-12H,4-8H2,1-3H3. The van der Waals surface area contributed by atoms with Crippen LogP contribution in [0.3, 0.4) is 0 Å². The molecule has 0 spiro atoms. The summed E-state index contributed by atoms with van der Waals surface area (Å²) in [5.74, 6) is 2.44. The van der Waals surface area contributed by atoms with Gasteiger partial charge in [-0.05, 0) is 30.6 Å². The van der Waals surface area contributed by atoms with Gasteiger partial charge in [0.2, 0.25) is 0 Å². The zero-order chi connectivity index (χ0) is 9.84. The molecule has 1 saturated carbocycles. The first-order chi connectivity index (χ1) is 6.15. The molecule has 0 saturated heterocycles. The molecule has 1 rings (SSSR count). The molecule has 1 heteroatoms. The summed E-state index contributed by atoms with van der Waals surface area (Å²) < 4.78 is 0. The molecule has 0 N–H and O–H groups in total. The van der Waals surface area contributed by atoms with E-state index in [1.54, 1.807) is 0 Å². The molecule has 0 amide bonds. The van der Waals surface area contributed by atoms with E-state index in [9.17, 15) is 0 Å². The van der Waals surface area contributed by atoms with Gasteiger partial charge < -0.3 is 0 Å². The van der Waals surface area contributed by atoms with Crippen molar-refractivity contribution in [3.8, 4) is 0 Å². The Morgan fingerprint density at radius 1 is 1.23 bits per heavy atom. The maximum atomic E-state index is 6.46. The van der Waals surface area contributed by atoms with E-state index < -0.39 is 0 Å². The highest BCUT2D eigenvalue weighted by atomic mass is 35.5. The van der Waals surface area contributed by atoms with Crippen LogP contribution in [0, 0.1) is 17.8 Å². The van der Waals surface area contributed by atoms with E-state index in [0.29, 0.717) is 11.3 Å². The molecule has 0 radical (unpaired) electrons. The van der Waals surface area contributed by atoms with Gasteiger partial charge in [-0.1, -0.05) is 40.0 Å². The van der Waals surface area contributed by atoms with Crippen molar-refractivity contribution in [2.45, 2.75) is 58.3 Å². The van der Waals surface area contributed by atoms with Gasteiger partial charge in [0.05, 0.1) is 0 Å². The minimum atomic E-state index is 0.428. The Morgan fingerprint density at radius 3 is 2.23 bits per heavy atom. The topological polar surface area (TPSA) is 0 Å². The average Bonchev–Trinajstić information content (AvgIpc) is 2.17. The lowest BCUT2D eigenvalue weighted by molar-refractivity contribution is 0.254. The van der Waals surface area contributed by atoms with Crippen molar-refractivity contribution in [3.05, 3.63) is 0 Å². The Labute approximate surface area is 88.1 Å². The number of hydrogen-bond donors (Lipinski definition) is 0. The van der Waals surface area contributed by atoms with Crippen LogP contribution in [-0.4, -0.2) is 5.38 Å². The number of hydrogen-bond acceptors (Lipinski definition) is 0. The quantitative estimate of drug-likeness (QED) is 0.593. The molecule has 0 bridgehead atoms. The summed E-state index contributed by atoms with van der Waals surface area (Å²) >= 11 is 6.46. The van der Waals surface area contributed by atoms with E-state index in [-0.39, 0.29) is 0 Å². The first-order valence-corrected chi connectivity index (χ1v) is 6.22. The third kappa shape index (κ3) is 3.16. The van der Waals surface area contributed by atoms with E-state index in [4.69, 9.17) is 11.6 Å². The first-order valence-electron chi connectivity index (χ1n) is 5.79. The van der Waals surface area contributed by atoms with Gasteiger partial charge in [0.1, 0.15) is 0 Å². The Kier molecular flexibility index (Phi) is 4.58. The van der Waals surface area contributed by atoms with Crippen LogP contribution in [-0.2, 0) is 0 Å². The second kappa shape index (κ2) is 5.24. The van der Waals surface area contributed by atoms with Gasteiger partial charge in [-0.2, -0.15) is 0 Å². The molecule has 0 heterocycles. The van der Waals surface area contributed by atoms with Crippen molar-refractivity contribution in [2.24, 2.45) is 17.8 Å². The van der Waals surface area contributed by atoms with Crippen LogP contribution in [0.5, 0.6) is 0 Å². The van der Waals surface area contributed by atoms with Gasteiger partial charge in [0, 0.05) is 5.38 Å². The van der Waals surface area contributed by atoms with Crippen molar-refractivity contribution < 1.29 is 0 Å². The van der Waals surface area contributed by atoms with Crippen LogP contribution in [0.4, 0.5) is 0 Å². The van der Waals surface area contributed by atoms with E-state index >= 15 is 0 Å². The second-order valence-corrected chi connectivity index (χ2v) is 5.35. The molecule has 0 aromatic rings. The lowest BCUT2D eigenvalue weighted by Crippen LogP contribution is -2.26. The first kappa shape index (κ1) is 11.4. The zero-order valence-electron chi connectivity index (χ0n) is 9.22. The van der Waals surface area contributed by atoms with Crippen LogP contribution in [0.25, 0.3) is 0 Å². The fourth-order valence-corrected chi connectivity index (χ4v) is 2.72. The largest absolute Gasteiger partial charge is 0.122 e. The molecule has 0 aromatic carbocycles. The number of rotatable bonds is 3. The van der Waals surface area contributed by atoms with Gasteiger partial charge in [-0.15, -0.1) is 11.6 Å². The predicted molar refractivity (Wildman–Crippen MR) is 60.2 cm³/mol. The van der Waals surface area contributed by atoms with Gasteiger partial charge in [-0.25, -0.2) is 0 Å². The summed E-state index contributed by atoms with van der Waals surface area (Å²) in [4.78, 5) is 0. The molecule has 0 aliphatic heterocycles. The van der Waals surface area contributed by atoms with Crippen molar-refractivity contribution in [2.75, 3.05) is 0 Å². The number of alkyl halides is 1. The molecular formula is C12H23Cl. The Bertz CT molecular complexity index is 136. The molecular weight excluding hydrogens is 180 g/mol. The minimum Gasteiger partial charge on any atom is -0.122 e. The van der Waals surface area contributed by atoms with Crippen LogP contribution in [0.15, 0.2) is 0 Å². The highest BCUT2D eigenvalue weighted by Gasteiger charge is 2.27. The Hall–Kier alpha value is 0.290. The molecule has 2 atom stereocenters. The molecule has 1 fully saturated rings. The van der Waals surface area contributed by atoms with Crippen LogP contribution in [0.1, 0.15) is 52.9 Å². The van der Waals surface area contributed by atoms with Gasteiger partial charge in [0.15, 0.2) is 0 Å².